The monoisotopic (exact) mass is 315 g/mol. The number of hydrogen-bond acceptors (Lipinski definition) is 3. The number of unbranched alkanes of at least 4 members (excludes halogenated alkanes) is 3. The number of carbonyl (C=O) groups excluding carboxylic acids is 1. The van der Waals surface area contributed by atoms with Crippen LogP contribution in [0, 0.1) is 5.82 Å². The molecule has 0 aliphatic carbocycles. The third kappa shape index (κ3) is 6.23. The molecule has 1 unspecified atom stereocenters. The van der Waals surface area contributed by atoms with E-state index in [0.29, 0.717) is 24.8 Å². The number of ketones is 1. The fraction of sp³-hybridized carbons (Fsp3) is 0.467. The van der Waals surface area contributed by atoms with Crippen molar-refractivity contribution in [1.82, 2.24) is 0 Å². The molecule has 0 saturated heterocycles. The van der Waals surface area contributed by atoms with E-state index in [9.17, 15) is 14.0 Å². The Kier molecular flexibility index (Phi) is 7.32. The molecule has 0 amide bonds. The third-order valence-electron chi connectivity index (χ3n) is 3.22. The van der Waals surface area contributed by atoms with Gasteiger partial charge >= 0.3 is 5.97 Å². The summed E-state index contributed by atoms with van der Waals surface area (Å²) in [7, 11) is 0. The van der Waals surface area contributed by atoms with E-state index in [1.54, 1.807) is 0 Å². The van der Waals surface area contributed by atoms with Gasteiger partial charge in [0, 0.05) is 12.0 Å². The van der Waals surface area contributed by atoms with E-state index in [4.69, 9.17) is 22.4 Å². The highest BCUT2D eigenvalue weighted by molar-refractivity contribution is 6.33. The first-order chi connectivity index (χ1) is 9.91. The number of carboxylic acids is 1. The molecule has 1 aromatic carbocycles. The highest BCUT2D eigenvalue weighted by Crippen LogP contribution is 2.20. The van der Waals surface area contributed by atoms with Crippen LogP contribution >= 0.6 is 11.6 Å². The van der Waals surface area contributed by atoms with Gasteiger partial charge in [0.25, 0.3) is 0 Å². The number of hydrogen-bond donors (Lipinski definition) is 2. The van der Waals surface area contributed by atoms with E-state index in [-0.39, 0.29) is 10.8 Å². The molecule has 116 valence electrons. The number of carbonyl (C=O) groups is 2. The van der Waals surface area contributed by atoms with Crippen LogP contribution < -0.4 is 5.73 Å². The standard InChI is InChI=1S/C15H19ClFNO3/c16-12-9-10(17)7-8-11(12)14(19)6-4-2-1-3-5-13(18)15(20)21/h7-9,13H,1-6,18H2,(H,20,21). The predicted octanol–water partition coefficient (Wildman–Crippen LogP) is 3.41. The van der Waals surface area contributed by atoms with Crippen LogP contribution in [0.15, 0.2) is 18.2 Å². The Morgan fingerprint density at radius 3 is 2.52 bits per heavy atom. The zero-order valence-corrected chi connectivity index (χ0v) is 12.4. The van der Waals surface area contributed by atoms with E-state index in [1.807, 2.05) is 0 Å². The number of halogens is 2. The van der Waals surface area contributed by atoms with Crippen LogP contribution in [0.3, 0.4) is 0 Å². The lowest BCUT2D eigenvalue weighted by Crippen LogP contribution is -2.29. The third-order valence-corrected chi connectivity index (χ3v) is 3.53. The summed E-state index contributed by atoms with van der Waals surface area (Å²) in [6.45, 7) is 0. The molecular formula is C15H19ClFNO3. The zero-order chi connectivity index (χ0) is 15.8. The molecule has 0 aliphatic rings. The van der Waals surface area contributed by atoms with E-state index in [1.165, 1.54) is 12.1 Å². The van der Waals surface area contributed by atoms with Crippen molar-refractivity contribution in [2.75, 3.05) is 0 Å². The van der Waals surface area contributed by atoms with Gasteiger partial charge in [-0.3, -0.25) is 9.59 Å². The quantitative estimate of drug-likeness (QED) is 0.540. The van der Waals surface area contributed by atoms with Gasteiger partial charge in [0.1, 0.15) is 11.9 Å². The lowest BCUT2D eigenvalue weighted by Gasteiger charge is -2.06. The summed E-state index contributed by atoms with van der Waals surface area (Å²) in [5.41, 5.74) is 5.72. The number of benzene rings is 1. The van der Waals surface area contributed by atoms with Gasteiger partial charge < -0.3 is 10.8 Å². The van der Waals surface area contributed by atoms with E-state index >= 15 is 0 Å². The molecule has 0 heterocycles. The Morgan fingerprint density at radius 2 is 1.90 bits per heavy atom. The minimum Gasteiger partial charge on any atom is -0.480 e. The Hall–Kier alpha value is -1.46. The Morgan fingerprint density at radius 1 is 1.24 bits per heavy atom. The number of aliphatic carboxylic acids is 1. The van der Waals surface area contributed by atoms with Gasteiger partial charge in [-0.2, -0.15) is 0 Å². The van der Waals surface area contributed by atoms with Gasteiger partial charge in [0.2, 0.25) is 0 Å². The van der Waals surface area contributed by atoms with Crippen LogP contribution in [-0.4, -0.2) is 22.9 Å². The fourth-order valence-electron chi connectivity index (χ4n) is 1.98. The lowest BCUT2D eigenvalue weighted by atomic mass is 10.0. The molecule has 0 aliphatic heterocycles. The van der Waals surface area contributed by atoms with Gasteiger partial charge in [0.05, 0.1) is 5.02 Å². The Balaban J connectivity index is 2.24. The summed E-state index contributed by atoms with van der Waals surface area (Å²) >= 11 is 5.82. The minimum absolute atomic E-state index is 0.109. The second-order valence-corrected chi connectivity index (χ2v) is 5.35. The number of nitrogens with two attached hydrogens (primary N) is 1. The molecule has 0 fully saturated rings. The van der Waals surface area contributed by atoms with Crippen LogP contribution in [-0.2, 0) is 4.79 Å². The average Bonchev–Trinajstić information content (AvgIpc) is 2.41. The number of carboxylic acid groups (broad SMARTS) is 1. The first-order valence-corrected chi connectivity index (χ1v) is 7.26. The maximum Gasteiger partial charge on any atom is 0.320 e. The SMILES string of the molecule is NC(CCCCCCC(=O)c1ccc(F)cc1Cl)C(=O)O. The van der Waals surface area contributed by atoms with Gasteiger partial charge in [-0.05, 0) is 31.0 Å². The van der Waals surface area contributed by atoms with E-state index in [2.05, 4.69) is 0 Å². The summed E-state index contributed by atoms with van der Waals surface area (Å²) in [5, 5.41) is 8.75. The van der Waals surface area contributed by atoms with Crippen molar-refractivity contribution < 1.29 is 19.1 Å². The summed E-state index contributed by atoms with van der Waals surface area (Å²) < 4.78 is 12.9. The molecule has 0 bridgehead atoms. The summed E-state index contributed by atoms with van der Waals surface area (Å²) in [4.78, 5) is 22.4. The maximum atomic E-state index is 12.9. The summed E-state index contributed by atoms with van der Waals surface area (Å²) in [6, 6.07) is 2.92. The predicted molar refractivity (Wildman–Crippen MR) is 79.1 cm³/mol. The Bertz CT molecular complexity index is 508. The molecule has 0 spiro atoms. The van der Waals surface area contributed by atoms with Gasteiger partial charge in [-0.15, -0.1) is 0 Å². The highest BCUT2D eigenvalue weighted by atomic mass is 35.5. The molecule has 3 N–H and O–H groups in total. The maximum absolute atomic E-state index is 12.9. The van der Waals surface area contributed by atoms with Crippen molar-refractivity contribution in [3.63, 3.8) is 0 Å². The molecular weight excluding hydrogens is 297 g/mol. The van der Waals surface area contributed by atoms with Crippen LogP contribution in [0.5, 0.6) is 0 Å². The topological polar surface area (TPSA) is 80.4 Å². The molecule has 0 saturated carbocycles. The zero-order valence-electron chi connectivity index (χ0n) is 11.6. The average molecular weight is 316 g/mol. The van der Waals surface area contributed by atoms with Gasteiger partial charge in [-0.25, -0.2) is 4.39 Å². The Labute approximate surface area is 128 Å². The molecule has 21 heavy (non-hydrogen) atoms. The first-order valence-electron chi connectivity index (χ1n) is 6.88. The number of Topliss-reactive ketones (excluding diaryl/α,β-unsaturated/α-hetero) is 1. The molecule has 4 nitrogen and oxygen atoms in total. The molecule has 6 heteroatoms. The number of rotatable bonds is 9. The van der Waals surface area contributed by atoms with Gasteiger partial charge in [0.15, 0.2) is 5.78 Å². The first kappa shape index (κ1) is 17.6. The van der Waals surface area contributed by atoms with E-state index < -0.39 is 17.8 Å². The van der Waals surface area contributed by atoms with Crippen LogP contribution in [0.25, 0.3) is 0 Å². The molecule has 0 radical (unpaired) electrons. The van der Waals surface area contributed by atoms with Crippen molar-refractivity contribution in [1.29, 1.82) is 0 Å². The van der Waals surface area contributed by atoms with E-state index in [0.717, 1.165) is 25.3 Å². The van der Waals surface area contributed by atoms with Crippen LogP contribution in [0.4, 0.5) is 4.39 Å². The molecule has 1 atom stereocenters. The van der Waals surface area contributed by atoms with Crippen molar-refractivity contribution in [3.8, 4) is 0 Å². The molecule has 1 aromatic rings. The van der Waals surface area contributed by atoms with Gasteiger partial charge in [-0.1, -0.05) is 30.9 Å². The lowest BCUT2D eigenvalue weighted by molar-refractivity contribution is -0.138. The normalized spacial score (nSPS) is 12.1. The molecule has 0 aromatic heterocycles. The smallest absolute Gasteiger partial charge is 0.320 e. The fourth-order valence-corrected chi connectivity index (χ4v) is 2.25. The van der Waals surface area contributed by atoms with Crippen molar-refractivity contribution in [2.45, 2.75) is 44.6 Å². The summed E-state index contributed by atoms with van der Waals surface area (Å²) in [6.07, 6.45) is 3.83. The summed E-state index contributed by atoms with van der Waals surface area (Å²) in [5.74, 6) is -1.57. The largest absolute Gasteiger partial charge is 0.480 e. The second-order valence-electron chi connectivity index (χ2n) is 4.94. The molecule has 1 rings (SSSR count). The minimum atomic E-state index is -0.990. The van der Waals surface area contributed by atoms with Crippen LogP contribution in [0.2, 0.25) is 5.02 Å². The highest BCUT2D eigenvalue weighted by Gasteiger charge is 2.12. The van der Waals surface area contributed by atoms with Crippen molar-refractivity contribution in [3.05, 3.63) is 34.6 Å². The van der Waals surface area contributed by atoms with Crippen molar-refractivity contribution >= 4 is 23.4 Å². The second kappa shape index (κ2) is 8.74. The van der Waals surface area contributed by atoms with Crippen LogP contribution in [0.1, 0.15) is 48.9 Å². The van der Waals surface area contributed by atoms with Crippen molar-refractivity contribution in [2.24, 2.45) is 5.73 Å².